The minimum atomic E-state index is -0.0189. The summed E-state index contributed by atoms with van der Waals surface area (Å²) in [6.45, 7) is 10.2. The highest BCUT2D eigenvalue weighted by Gasteiger charge is 2.28. The Bertz CT molecular complexity index is 1420. The third kappa shape index (κ3) is 3.63. The zero-order chi connectivity index (χ0) is 22.9. The average Bonchev–Trinajstić information content (AvgIpc) is 2.74. The van der Waals surface area contributed by atoms with Gasteiger partial charge >= 0.3 is 0 Å². The molecule has 0 spiro atoms. The summed E-state index contributed by atoms with van der Waals surface area (Å²) in [6, 6.07) is 3.95. The maximum atomic E-state index is 12.7. The van der Waals surface area contributed by atoms with E-state index in [2.05, 4.69) is 111 Å². The van der Waals surface area contributed by atoms with Gasteiger partial charge in [-0.25, -0.2) is 0 Å². The molecule has 0 unspecified atom stereocenters. The minimum Gasteiger partial charge on any atom is -0.506 e. The first-order valence-corrected chi connectivity index (χ1v) is 13.8. The van der Waals surface area contributed by atoms with Crippen molar-refractivity contribution in [3.63, 3.8) is 0 Å². The van der Waals surface area contributed by atoms with Crippen LogP contribution in [0.2, 0.25) is 0 Å². The first-order valence-electron chi connectivity index (χ1n) is 9.50. The molecule has 0 saturated carbocycles. The van der Waals surface area contributed by atoms with Crippen molar-refractivity contribution in [3.05, 3.63) is 64.5 Å². The molecule has 2 aromatic rings. The lowest BCUT2D eigenvalue weighted by atomic mass is 9.87. The molecule has 1 aliphatic carbocycles. The Balaban J connectivity index is 2.39. The highest BCUT2D eigenvalue weighted by molar-refractivity contribution is 14.1. The lowest BCUT2D eigenvalue weighted by Crippen LogP contribution is -2.12. The number of phenols is 1. The molecule has 1 aliphatic heterocycles. The second-order valence-electron chi connectivity index (χ2n) is 7.80. The Morgan fingerprint density at radius 1 is 0.742 bits per heavy atom. The molecule has 31 heavy (non-hydrogen) atoms. The van der Waals surface area contributed by atoms with Crippen LogP contribution in [0.25, 0.3) is 33.4 Å². The molecule has 2 aromatic carbocycles. The van der Waals surface area contributed by atoms with Crippen molar-refractivity contribution in [1.82, 2.24) is 0 Å². The van der Waals surface area contributed by atoms with Gasteiger partial charge in [0.15, 0.2) is 16.8 Å². The molecule has 160 valence electrons. The smallest absolute Gasteiger partial charge is 0.198 e. The summed E-state index contributed by atoms with van der Waals surface area (Å²) in [4.78, 5) is 12.7. The van der Waals surface area contributed by atoms with Crippen LogP contribution < -0.4 is 5.43 Å². The first kappa shape index (κ1) is 24.0. The summed E-state index contributed by atoms with van der Waals surface area (Å²) < 4.78 is 9.97. The topological polar surface area (TPSA) is 50.4 Å². The molecule has 2 aliphatic rings. The third-order valence-electron chi connectivity index (χ3n) is 5.98. The van der Waals surface area contributed by atoms with Crippen molar-refractivity contribution in [2.24, 2.45) is 0 Å². The van der Waals surface area contributed by atoms with E-state index < -0.39 is 0 Å². The van der Waals surface area contributed by atoms with Crippen LogP contribution in [0, 0.1) is 48.9 Å². The lowest BCUT2D eigenvalue weighted by Gasteiger charge is -2.23. The largest absolute Gasteiger partial charge is 0.506 e. The molecule has 0 bridgehead atoms. The number of aromatic hydroxyl groups is 1. The average molecular weight is 862 g/mol. The molecule has 1 N–H and O–H groups in total. The van der Waals surface area contributed by atoms with Gasteiger partial charge in [0.1, 0.15) is 9.32 Å². The molecule has 1 heterocycles. The summed E-state index contributed by atoms with van der Waals surface area (Å²) in [5.74, 6) is 0.788. The Labute approximate surface area is 235 Å². The third-order valence-corrected chi connectivity index (χ3v) is 11.4. The van der Waals surface area contributed by atoms with Crippen LogP contribution in [-0.2, 0) is 0 Å². The molecular weight excluding hydrogens is 844 g/mol. The maximum absolute atomic E-state index is 12.7. The van der Waals surface area contributed by atoms with E-state index >= 15 is 0 Å². The van der Waals surface area contributed by atoms with E-state index in [1.54, 1.807) is 0 Å². The fraction of sp³-hybridized carbons (Fsp3) is 0.208. The van der Waals surface area contributed by atoms with E-state index in [1.165, 1.54) is 23.8 Å². The van der Waals surface area contributed by atoms with Gasteiger partial charge in [-0.3, -0.25) is 4.79 Å². The van der Waals surface area contributed by atoms with Gasteiger partial charge in [-0.1, -0.05) is 0 Å². The van der Waals surface area contributed by atoms with Crippen LogP contribution in [-0.4, -0.2) is 5.11 Å². The van der Waals surface area contributed by atoms with Crippen LogP contribution in [0.3, 0.4) is 0 Å². The second-order valence-corrected chi connectivity index (χ2v) is 12.1. The minimum absolute atomic E-state index is 0.0189. The summed E-state index contributed by atoms with van der Waals surface area (Å²) >= 11 is 9.08. The van der Waals surface area contributed by atoms with Crippen molar-refractivity contribution < 1.29 is 9.52 Å². The number of fused-ring (bicyclic) bond motifs is 2. The highest BCUT2D eigenvalue weighted by atomic mass is 127. The molecule has 0 saturated heterocycles. The molecule has 4 rings (SSSR count). The lowest BCUT2D eigenvalue weighted by molar-refractivity contribution is 0.466. The van der Waals surface area contributed by atoms with Crippen LogP contribution in [0.4, 0.5) is 0 Å². The predicted molar refractivity (Wildman–Crippen MR) is 161 cm³/mol. The van der Waals surface area contributed by atoms with Gasteiger partial charge in [-0.2, -0.15) is 0 Å². The number of phenolic OH excluding ortho intramolecular Hbond substituents is 1. The number of hydrogen-bond acceptors (Lipinski definition) is 3. The molecule has 0 aromatic heterocycles. The van der Waals surface area contributed by atoms with E-state index in [4.69, 9.17) is 4.42 Å². The number of benzene rings is 3. The summed E-state index contributed by atoms with van der Waals surface area (Å²) in [7, 11) is 0. The highest BCUT2D eigenvalue weighted by Crippen LogP contribution is 2.48. The van der Waals surface area contributed by atoms with Gasteiger partial charge in [-0.05, 0) is 165 Å². The van der Waals surface area contributed by atoms with Crippen molar-refractivity contribution in [1.29, 1.82) is 0 Å². The second kappa shape index (κ2) is 8.57. The zero-order valence-corrected chi connectivity index (χ0v) is 26.1. The maximum Gasteiger partial charge on any atom is 0.198 e. The van der Waals surface area contributed by atoms with Gasteiger partial charge in [0.25, 0.3) is 0 Å². The molecular formula is C24H18I4O3. The normalized spacial score (nSPS) is 11.6. The van der Waals surface area contributed by atoms with Crippen molar-refractivity contribution in [2.45, 2.75) is 34.6 Å². The SMILES string of the molecule is Cc1cc2c(-c3c(C)c(C)c(C)c(I)c3I)c3cc(C)c(=O)c(I)c-3oc2c(I)c1O. The van der Waals surface area contributed by atoms with Gasteiger partial charge < -0.3 is 9.52 Å². The monoisotopic (exact) mass is 862 g/mol. The van der Waals surface area contributed by atoms with Crippen molar-refractivity contribution in [3.8, 4) is 28.2 Å². The van der Waals surface area contributed by atoms with E-state index in [-0.39, 0.29) is 11.2 Å². The fourth-order valence-electron chi connectivity index (χ4n) is 3.95. The Morgan fingerprint density at radius 2 is 1.39 bits per heavy atom. The Morgan fingerprint density at radius 3 is 2.03 bits per heavy atom. The molecule has 0 radical (unpaired) electrons. The van der Waals surface area contributed by atoms with E-state index in [9.17, 15) is 9.90 Å². The van der Waals surface area contributed by atoms with Gasteiger partial charge in [0.2, 0.25) is 0 Å². The van der Waals surface area contributed by atoms with Crippen LogP contribution in [0.1, 0.15) is 27.8 Å². The fourth-order valence-corrected chi connectivity index (χ4v) is 7.35. The van der Waals surface area contributed by atoms with Gasteiger partial charge in [-0.15, -0.1) is 0 Å². The molecule has 0 fully saturated rings. The molecule has 0 atom stereocenters. The van der Waals surface area contributed by atoms with E-state index in [1.807, 2.05) is 26.0 Å². The van der Waals surface area contributed by atoms with Crippen LogP contribution in [0.5, 0.6) is 5.75 Å². The van der Waals surface area contributed by atoms with Crippen molar-refractivity contribution >= 4 is 101 Å². The summed E-state index contributed by atoms with van der Waals surface area (Å²) in [6.07, 6.45) is 0. The Kier molecular flexibility index (Phi) is 6.63. The summed E-state index contributed by atoms with van der Waals surface area (Å²) in [5, 5.41) is 11.6. The standard InChI is InChI=1S/C24H18I4O3/c1-8-6-13-16(15-11(4)10(3)12(5)17(25)18(15)26)14-7-9(2)22(30)20(28)24(14)31-23(13)19(27)21(8)29/h6-7,29H,1-5H3. The van der Waals surface area contributed by atoms with Crippen molar-refractivity contribution in [2.75, 3.05) is 0 Å². The quantitative estimate of drug-likeness (QED) is 0.155. The number of rotatable bonds is 1. The molecule has 3 nitrogen and oxygen atoms in total. The number of halogens is 4. The van der Waals surface area contributed by atoms with E-state index in [0.29, 0.717) is 24.0 Å². The van der Waals surface area contributed by atoms with Crippen LogP contribution in [0.15, 0.2) is 21.3 Å². The van der Waals surface area contributed by atoms with E-state index in [0.717, 1.165) is 27.6 Å². The number of aryl methyl sites for hydroxylation is 2. The molecule has 7 heteroatoms. The summed E-state index contributed by atoms with van der Waals surface area (Å²) in [5.41, 5.74) is 9.00. The first-order chi connectivity index (χ1) is 14.5. The molecule has 0 amide bonds. The number of hydrogen-bond donors (Lipinski definition) is 1. The zero-order valence-electron chi connectivity index (χ0n) is 17.4. The van der Waals surface area contributed by atoms with Gasteiger partial charge in [0, 0.05) is 29.2 Å². The Hall–Kier alpha value is -0.150. The predicted octanol–water partition coefficient (Wildman–Crippen LogP) is 8.23. The van der Waals surface area contributed by atoms with Crippen LogP contribution >= 0.6 is 90.4 Å². The van der Waals surface area contributed by atoms with Gasteiger partial charge in [0.05, 0.1) is 3.57 Å².